The molecule has 8 heteroatoms. The average Bonchev–Trinajstić information content (AvgIpc) is 2.74. The van der Waals surface area contributed by atoms with E-state index in [2.05, 4.69) is 32.6 Å². The van der Waals surface area contributed by atoms with Crippen molar-refractivity contribution in [3.05, 3.63) is 87.5 Å². The van der Waals surface area contributed by atoms with Crippen LogP contribution in [0.25, 0.3) is 0 Å². The third-order valence-electron chi connectivity index (χ3n) is 4.25. The molecule has 0 atom stereocenters. The minimum Gasteiger partial charge on any atom is -0.483 e. The molecule has 3 aromatic carbocycles. The number of carbonyl (C=O) groups excluding carboxylic acids is 1. The van der Waals surface area contributed by atoms with Crippen LogP contribution in [0.3, 0.4) is 0 Å². The third-order valence-corrected chi connectivity index (χ3v) is 6.37. The summed E-state index contributed by atoms with van der Waals surface area (Å²) >= 11 is 2.19. The fourth-order valence-electron chi connectivity index (χ4n) is 2.68. The molecule has 0 heterocycles. The molecule has 0 aliphatic heterocycles. The number of nitrogens with one attached hydrogen (secondary N) is 2. The Kier molecular flexibility index (Phi) is 7.46. The molecule has 156 valence electrons. The standard InChI is InChI=1S/C22H21IN2O4S/c1-16-13-20(30(27,28)24-14-17-5-3-2-4-6-17)11-12-21(16)29-15-22(26)25-19-9-7-18(23)8-10-19/h2-13,24H,14-15H2,1H3,(H,25,26). The van der Waals surface area contributed by atoms with Gasteiger partial charge in [0.2, 0.25) is 10.0 Å². The Morgan fingerprint density at radius 1 is 1.00 bits per heavy atom. The van der Waals surface area contributed by atoms with Crippen LogP contribution < -0.4 is 14.8 Å². The van der Waals surface area contributed by atoms with Gasteiger partial charge in [-0.1, -0.05) is 30.3 Å². The summed E-state index contributed by atoms with van der Waals surface area (Å²) < 4.78 is 34.3. The average molecular weight is 536 g/mol. The Bertz CT molecular complexity index is 1120. The van der Waals surface area contributed by atoms with Crippen LogP contribution >= 0.6 is 22.6 Å². The maximum atomic E-state index is 12.5. The highest BCUT2D eigenvalue weighted by molar-refractivity contribution is 14.1. The van der Waals surface area contributed by atoms with E-state index in [-0.39, 0.29) is 24.0 Å². The van der Waals surface area contributed by atoms with Crippen LogP contribution in [-0.4, -0.2) is 20.9 Å². The summed E-state index contributed by atoms with van der Waals surface area (Å²) in [5.41, 5.74) is 2.18. The Hall–Kier alpha value is -2.43. The van der Waals surface area contributed by atoms with Gasteiger partial charge in [0, 0.05) is 15.8 Å². The molecule has 0 spiro atoms. The predicted octanol–water partition coefficient (Wildman–Crippen LogP) is 4.10. The summed E-state index contributed by atoms with van der Waals surface area (Å²) in [6.45, 7) is 1.77. The number of rotatable bonds is 8. The van der Waals surface area contributed by atoms with Crippen molar-refractivity contribution in [2.24, 2.45) is 0 Å². The van der Waals surface area contributed by atoms with Crippen molar-refractivity contribution < 1.29 is 17.9 Å². The number of benzene rings is 3. The summed E-state index contributed by atoms with van der Waals surface area (Å²) in [5.74, 6) is 0.159. The molecule has 0 radical (unpaired) electrons. The van der Waals surface area contributed by atoms with Gasteiger partial charge in [0.05, 0.1) is 4.90 Å². The molecule has 0 unspecified atom stereocenters. The van der Waals surface area contributed by atoms with Crippen molar-refractivity contribution in [3.8, 4) is 5.75 Å². The van der Waals surface area contributed by atoms with Crippen molar-refractivity contribution in [3.63, 3.8) is 0 Å². The summed E-state index contributed by atoms with van der Waals surface area (Å²) in [4.78, 5) is 12.2. The lowest BCUT2D eigenvalue weighted by molar-refractivity contribution is -0.118. The van der Waals surface area contributed by atoms with Gasteiger partial charge in [-0.05, 0) is 83.1 Å². The van der Waals surface area contributed by atoms with Crippen LogP contribution in [0.15, 0.2) is 77.7 Å². The minimum absolute atomic E-state index is 0.145. The summed E-state index contributed by atoms with van der Waals surface area (Å²) in [6, 6.07) is 21.3. The van der Waals surface area contributed by atoms with Crippen LogP contribution in [0.2, 0.25) is 0 Å². The SMILES string of the molecule is Cc1cc(S(=O)(=O)NCc2ccccc2)ccc1OCC(=O)Nc1ccc(I)cc1. The van der Waals surface area contributed by atoms with E-state index in [1.54, 1.807) is 13.0 Å². The maximum Gasteiger partial charge on any atom is 0.262 e. The molecule has 0 aromatic heterocycles. The highest BCUT2D eigenvalue weighted by Gasteiger charge is 2.16. The number of carbonyl (C=O) groups is 1. The number of hydrogen-bond donors (Lipinski definition) is 2. The first kappa shape index (κ1) is 22.3. The van der Waals surface area contributed by atoms with Gasteiger partial charge >= 0.3 is 0 Å². The van der Waals surface area contributed by atoms with Crippen molar-refractivity contribution in [1.82, 2.24) is 4.72 Å². The monoisotopic (exact) mass is 536 g/mol. The van der Waals surface area contributed by atoms with Crippen LogP contribution in [-0.2, 0) is 21.4 Å². The first-order valence-electron chi connectivity index (χ1n) is 9.16. The van der Waals surface area contributed by atoms with Crippen molar-refractivity contribution in [1.29, 1.82) is 0 Å². The Morgan fingerprint density at radius 3 is 2.37 bits per heavy atom. The first-order valence-corrected chi connectivity index (χ1v) is 11.7. The quantitative estimate of drug-likeness (QED) is 0.425. The largest absolute Gasteiger partial charge is 0.483 e. The molecule has 3 rings (SSSR count). The van der Waals surface area contributed by atoms with E-state index in [1.807, 2.05) is 54.6 Å². The number of halogens is 1. The van der Waals surface area contributed by atoms with E-state index in [1.165, 1.54) is 12.1 Å². The summed E-state index contributed by atoms with van der Waals surface area (Å²) in [5, 5.41) is 2.75. The number of anilines is 1. The molecular weight excluding hydrogens is 515 g/mol. The van der Waals surface area contributed by atoms with Crippen LogP contribution in [0, 0.1) is 10.5 Å². The number of aryl methyl sites for hydroxylation is 1. The lowest BCUT2D eigenvalue weighted by Gasteiger charge is -2.12. The second-order valence-electron chi connectivity index (χ2n) is 6.58. The lowest BCUT2D eigenvalue weighted by Crippen LogP contribution is -2.23. The highest BCUT2D eigenvalue weighted by Crippen LogP contribution is 2.22. The van der Waals surface area contributed by atoms with Crippen molar-refractivity contribution in [2.75, 3.05) is 11.9 Å². The van der Waals surface area contributed by atoms with Gasteiger partial charge in [0.1, 0.15) is 5.75 Å². The Morgan fingerprint density at radius 2 is 1.70 bits per heavy atom. The van der Waals surface area contributed by atoms with Gasteiger partial charge in [-0.25, -0.2) is 13.1 Å². The highest BCUT2D eigenvalue weighted by atomic mass is 127. The Balaban J connectivity index is 1.58. The van der Waals surface area contributed by atoms with Gasteiger partial charge in [-0.3, -0.25) is 4.79 Å². The molecule has 3 aromatic rings. The van der Waals surface area contributed by atoms with Crippen LogP contribution in [0.1, 0.15) is 11.1 Å². The Labute approximate surface area is 189 Å². The number of hydrogen-bond acceptors (Lipinski definition) is 4. The molecule has 2 N–H and O–H groups in total. The molecule has 0 saturated heterocycles. The molecule has 6 nitrogen and oxygen atoms in total. The molecule has 0 aliphatic carbocycles. The topological polar surface area (TPSA) is 84.5 Å². The zero-order valence-corrected chi connectivity index (χ0v) is 19.2. The second-order valence-corrected chi connectivity index (χ2v) is 9.59. The van der Waals surface area contributed by atoms with Crippen molar-refractivity contribution in [2.45, 2.75) is 18.4 Å². The van der Waals surface area contributed by atoms with Gasteiger partial charge in [-0.2, -0.15) is 0 Å². The maximum absolute atomic E-state index is 12.5. The fourth-order valence-corrected chi connectivity index (χ4v) is 4.14. The van der Waals surface area contributed by atoms with E-state index in [0.717, 1.165) is 9.13 Å². The molecule has 0 fully saturated rings. The van der Waals surface area contributed by atoms with Gasteiger partial charge < -0.3 is 10.1 Å². The molecule has 30 heavy (non-hydrogen) atoms. The van der Waals surface area contributed by atoms with Crippen molar-refractivity contribution >= 4 is 44.2 Å². The number of ether oxygens (including phenoxy) is 1. The minimum atomic E-state index is -3.66. The summed E-state index contributed by atoms with van der Waals surface area (Å²) in [7, 11) is -3.66. The van der Waals surface area contributed by atoms with E-state index in [0.29, 0.717) is 17.0 Å². The molecule has 0 bridgehead atoms. The zero-order chi connectivity index (χ0) is 21.6. The fraction of sp³-hybridized carbons (Fsp3) is 0.136. The molecule has 1 amide bonds. The van der Waals surface area contributed by atoms with E-state index in [4.69, 9.17) is 4.74 Å². The van der Waals surface area contributed by atoms with Crippen LogP contribution in [0.5, 0.6) is 5.75 Å². The number of sulfonamides is 1. The number of amides is 1. The molecule has 0 aliphatic rings. The van der Waals surface area contributed by atoms with E-state index >= 15 is 0 Å². The third kappa shape index (κ3) is 6.28. The molecule has 0 saturated carbocycles. The van der Waals surface area contributed by atoms with E-state index < -0.39 is 10.0 Å². The molecular formula is C22H21IN2O4S. The van der Waals surface area contributed by atoms with Crippen LogP contribution in [0.4, 0.5) is 5.69 Å². The van der Waals surface area contributed by atoms with Gasteiger partial charge in [0.25, 0.3) is 5.91 Å². The van der Waals surface area contributed by atoms with Gasteiger partial charge in [-0.15, -0.1) is 0 Å². The lowest BCUT2D eigenvalue weighted by atomic mass is 10.2. The predicted molar refractivity (Wildman–Crippen MR) is 125 cm³/mol. The zero-order valence-electron chi connectivity index (χ0n) is 16.3. The normalized spacial score (nSPS) is 11.1. The smallest absolute Gasteiger partial charge is 0.262 e. The van der Waals surface area contributed by atoms with Gasteiger partial charge in [0.15, 0.2) is 6.61 Å². The van der Waals surface area contributed by atoms with E-state index in [9.17, 15) is 13.2 Å². The first-order chi connectivity index (χ1) is 14.3. The summed E-state index contributed by atoms with van der Waals surface area (Å²) in [6.07, 6.45) is 0. The second kappa shape index (κ2) is 10.1.